The summed E-state index contributed by atoms with van der Waals surface area (Å²) in [6.07, 6.45) is -0.243. The molecule has 1 aliphatic heterocycles. The van der Waals surface area contributed by atoms with E-state index in [9.17, 15) is 22.8 Å². The molecule has 44 heavy (non-hydrogen) atoms. The predicted molar refractivity (Wildman–Crippen MR) is 156 cm³/mol. The zero-order valence-corrected chi connectivity index (χ0v) is 25.5. The highest BCUT2D eigenvalue weighted by Crippen LogP contribution is 2.40. The van der Waals surface area contributed by atoms with E-state index in [0.717, 1.165) is 18.9 Å². The van der Waals surface area contributed by atoms with Crippen molar-refractivity contribution in [3.05, 3.63) is 41.6 Å². The van der Waals surface area contributed by atoms with Crippen LogP contribution < -0.4 is 14.5 Å². The second kappa shape index (κ2) is 15.0. The number of halogens is 3. The van der Waals surface area contributed by atoms with Crippen LogP contribution in [0.2, 0.25) is 0 Å². The van der Waals surface area contributed by atoms with Gasteiger partial charge in [0.25, 0.3) is 0 Å². The van der Waals surface area contributed by atoms with E-state index < -0.39 is 29.6 Å². The standard InChI is InChI=1S/C31H40F3N3O7/c1-20-5-7-21(8-6-20)29(38)37(23(18-40-2)19-41-3)27-10-9-24(16-25(27)30(39)42-4)44-28-26(31(32,33)34)15-22(17-35-28)36-11-13-43-14-12-36/h9-10,15-17,20-21,23H,5-8,11-14,18-19H2,1-4H3. The lowest BCUT2D eigenvalue weighted by Crippen LogP contribution is -2.49. The molecule has 13 heteroatoms. The molecule has 1 aliphatic carbocycles. The summed E-state index contributed by atoms with van der Waals surface area (Å²) in [4.78, 5) is 34.4. The van der Waals surface area contributed by atoms with Crippen LogP contribution in [0, 0.1) is 11.8 Å². The van der Waals surface area contributed by atoms with Gasteiger partial charge in [0.05, 0.1) is 62.7 Å². The third-order valence-electron chi connectivity index (χ3n) is 8.05. The van der Waals surface area contributed by atoms with Gasteiger partial charge in [-0.2, -0.15) is 13.2 Å². The van der Waals surface area contributed by atoms with Gasteiger partial charge in [0.15, 0.2) is 0 Å². The SMILES string of the molecule is COCC(COC)N(C(=O)C1CCC(C)CC1)c1ccc(Oc2ncc(N3CCOCC3)cc2C(F)(F)F)cc1C(=O)OC. The van der Waals surface area contributed by atoms with E-state index in [4.69, 9.17) is 23.7 Å². The van der Waals surface area contributed by atoms with Crippen molar-refractivity contribution in [3.63, 3.8) is 0 Å². The Kier molecular flexibility index (Phi) is 11.4. The van der Waals surface area contributed by atoms with Crippen LogP contribution in [-0.2, 0) is 29.9 Å². The van der Waals surface area contributed by atoms with Crippen molar-refractivity contribution in [1.82, 2.24) is 4.98 Å². The van der Waals surface area contributed by atoms with Crippen LogP contribution >= 0.6 is 0 Å². The number of nitrogens with zero attached hydrogens (tertiary/aromatic N) is 3. The van der Waals surface area contributed by atoms with Gasteiger partial charge in [-0.05, 0) is 55.9 Å². The van der Waals surface area contributed by atoms with Crippen LogP contribution in [0.4, 0.5) is 24.5 Å². The van der Waals surface area contributed by atoms with E-state index >= 15 is 0 Å². The number of morpholine rings is 1. The lowest BCUT2D eigenvalue weighted by Gasteiger charge is -2.36. The molecular weight excluding hydrogens is 583 g/mol. The first-order valence-corrected chi connectivity index (χ1v) is 14.7. The van der Waals surface area contributed by atoms with E-state index in [1.807, 2.05) is 0 Å². The van der Waals surface area contributed by atoms with E-state index in [0.29, 0.717) is 50.8 Å². The van der Waals surface area contributed by atoms with Gasteiger partial charge < -0.3 is 33.5 Å². The molecule has 2 aliphatic rings. The number of benzene rings is 1. The molecule has 4 rings (SSSR count). The first-order chi connectivity index (χ1) is 21.1. The quantitative estimate of drug-likeness (QED) is 0.307. The minimum Gasteiger partial charge on any atom is -0.465 e. The van der Waals surface area contributed by atoms with Crippen molar-refractivity contribution >= 4 is 23.3 Å². The van der Waals surface area contributed by atoms with Gasteiger partial charge in [-0.15, -0.1) is 0 Å². The van der Waals surface area contributed by atoms with Crippen LogP contribution in [0.5, 0.6) is 11.6 Å². The first kappa shape index (κ1) is 33.5. The van der Waals surface area contributed by atoms with Crippen molar-refractivity contribution in [3.8, 4) is 11.6 Å². The number of rotatable bonds is 11. The molecular formula is C31H40F3N3O7. The number of hydrogen-bond donors (Lipinski definition) is 0. The number of methoxy groups -OCH3 is 3. The number of ether oxygens (including phenoxy) is 5. The third kappa shape index (κ3) is 7.99. The van der Waals surface area contributed by atoms with Crippen LogP contribution in [-0.4, -0.2) is 83.7 Å². The molecule has 0 spiro atoms. The molecule has 0 N–H and O–H groups in total. The maximum atomic E-state index is 14.1. The average molecular weight is 624 g/mol. The Morgan fingerprint density at radius 3 is 2.30 bits per heavy atom. The molecule has 0 unspecified atom stereocenters. The molecule has 0 radical (unpaired) electrons. The smallest absolute Gasteiger partial charge is 0.421 e. The average Bonchev–Trinajstić information content (AvgIpc) is 3.02. The summed E-state index contributed by atoms with van der Waals surface area (Å²) >= 11 is 0. The number of anilines is 2. The zero-order chi connectivity index (χ0) is 31.9. The number of carbonyl (C=O) groups excluding carboxylic acids is 2. The summed E-state index contributed by atoms with van der Waals surface area (Å²) in [5.74, 6) is -1.48. The summed E-state index contributed by atoms with van der Waals surface area (Å²) in [6, 6.07) is 4.55. The topological polar surface area (TPSA) is 99.7 Å². The molecule has 1 saturated carbocycles. The molecule has 242 valence electrons. The highest BCUT2D eigenvalue weighted by Gasteiger charge is 2.38. The molecule has 1 aromatic heterocycles. The Morgan fingerprint density at radius 2 is 1.70 bits per heavy atom. The molecule has 0 atom stereocenters. The Balaban J connectivity index is 1.73. The minimum atomic E-state index is -4.76. The van der Waals surface area contributed by atoms with Crippen molar-refractivity contribution < 1.29 is 46.4 Å². The molecule has 10 nitrogen and oxygen atoms in total. The number of carbonyl (C=O) groups is 2. The van der Waals surface area contributed by atoms with E-state index in [-0.39, 0.29) is 42.0 Å². The maximum absolute atomic E-state index is 14.1. The minimum absolute atomic E-state index is 0.0572. The number of esters is 1. The van der Waals surface area contributed by atoms with E-state index in [1.165, 1.54) is 50.6 Å². The fraction of sp³-hybridized carbons (Fsp3) is 0.581. The van der Waals surface area contributed by atoms with Crippen molar-refractivity contribution in [2.45, 2.75) is 44.8 Å². The van der Waals surface area contributed by atoms with Gasteiger partial charge in [-0.25, -0.2) is 9.78 Å². The second-order valence-electron chi connectivity index (χ2n) is 11.1. The highest BCUT2D eigenvalue weighted by atomic mass is 19.4. The van der Waals surface area contributed by atoms with Gasteiger partial charge in [0, 0.05) is 33.2 Å². The third-order valence-corrected chi connectivity index (χ3v) is 8.05. The second-order valence-corrected chi connectivity index (χ2v) is 11.1. The fourth-order valence-corrected chi connectivity index (χ4v) is 5.67. The van der Waals surface area contributed by atoms with Crippen LogP contribution in [0.3, 0.4) is 0 Å². The van der Waals surface area contributed by atoms with Crippen LogP contribution in [0.15, 0.2) is 30.5 Å². The number of pyridine rings is 1. The van der Waals surface area contributed by atoms with Crippen molar-refractivity contribution in [2.24, 2.45) is 11.8 Å². The van der Waals surface area contributed by atoms with Crippen LogP contribution in [0.1, 0.15) is 48.5 Å². The molecule has 2 fully saturated rings. The normalized spacial score (nSPS) is 19.1. The molecule has 0 bridgehead atoms. The van der Waals surface area contributed by atoms with E-state index in [1.54, 1.807) is 4.90 Å². The van der Waals surface area contributed by atoms with Gasteiger partial charge in [0.1, 0.15) is 11.3 Å². The number of alkyl halides is 3. The zero-order valence-electron chi connectivity index (χ0n) is 25.5. The maximum Gasteiger partial charge on any atom is 0.421 e. The van der Waals surface area contributed by atoms with Gasteiger partial charge in [0.2, 0.25) is 11.8 Å². The van der Waals surface area contributed by atoms with E-state index in [2.05, 4.69) is 11.9 Å². The molecule has 1 amide bonds. The first-order valence-electron chi connectivity index (χ1n) is 14.7. The Labute approximate surface area is 255 Å². The number of hydrogen-bond acceptors (Lipinski definition) is 9. The van der Waals surface area contributed by atoms with Crippen molar-refractivity contribution in [1.29, 1.82) is 0 Å². The van der Waals surface area contributed by atoms with Gasteiger partial charge in [-0.1, -0.05) is 6.92 Å². The molecule has 1 saturated heterocycles. The number of aromatic nitrogens is 1. The molecule has 1 aromatic carbocycles. The summed E-state index contributed by atoms with van der Waals surface area (Å²) in [5.41, 5.74) is -0.599. The highest BCUT2D eigenvalue weighted by molar-refractivity contribution is 6.04. The number of amides is 1. The largest absolute Gasteiger partial charge is 0.465 e. The van der Waals surface area contributed by atoms with Gasteiger partial charge >= 0.3 is 12.1 Å². The van der Waals surface area contributed by atoms with Crippen molar-refractivity contribution in [2.75, 3.05) is 70.6 Å². The fourth-order valence-electron chi connectivity index (χ4n) is 5.67. The van der Waals surface area contributed by atoms with Gasteiger partial charge in [-0.3, -0.25) is 4.79 Å². The summed E-state index contributed by atoms with van der Waals surface area (Å²) < 4.78 is 69.2. The summed E-state index contributed by atoms with van der Waals surface area (Å²) in [6.45, 7) is 4.07. The molecule has 2 heterocycles. The molecule has 2 aromatic rings. The lowest BCUT2D eigenvalue weighted by atomic mass is 9.82. The summed E-state index contributed by atoms with van der Waals surface area (Å²) in [5, 5.41) is 0. The Morgan fingerprint density at radius 1 is 1.05 bits per heavy atom. The Hall–Kier alpha value is -3.42. The van der Waals surface area contributed by atoms with Crippen LogP contribution in [0.25, 0.3) is 0 Å². The monoisotopic (exact) mass is 623 g/mol. The predicted octanol–water partition coefficient (Wildman–Crippen LogP) is 5.34. The summed E-state index contributed by atoms with van der Waals surface area (Å²) in [7, 11) is 4.19. The lowest BCUT2D eigenvalue weighted by molar-refractivity contribution is -0.138. The Bertz CT molecular complexity index is 1270.